The fourth-order valence-corrected chi connectivity index (χ4v) is 3.11. The van der Waals surface area contributed by atoms with Gasteiger partial charge in [-0.05, 0) is 29.8 Å². The number of furan rings is 1. The third-order valence-corrected chi connectivity index (χ3v) is 4.24. The molecular weight excluding hydrogens is 330 g/mol. The zero-order chi connectivity index (χ0) is 17.6. The topological polar surface area (TPSA) is 76.8 Å². The SMILES string of the molecule is COCCN(Cc1ccco1)C(=O)c1cccc(CS(C)(=O)=O)c1. The minimum absolute atomic E-state index is 0.0929. The van der Waals surface area contributed by atoms with Crippen molar-refractivity contribution in [2.75, 3.05) is 26.5 Å². The van der Waals surface area contributed by atoms with Gasteiger partial charge >= 0.3 is 0 Å². The van der Waals surface area contributed by atoms with Gasteiger partial charge in [0, 0.05) is 25.5 Å². The number of amides is 1. The molecule has 24 heavy (non-hydrogen) atoms. The molecule has 2 rings (SSSR count). The summed E-state index contributed by atoms with van der Waals surface area (Å²) in [4.78, 5) is 14.4. The molecule has 0 atom stereocenters. The molecule has 1 aromatic heterocycles. The molecule has 7 heteroatoms. The van der Waals surface area contributed by atoms with E-state index in [1.54, 1.807) is 54.7 Å². The maximum absolute atomic E-state index is 12.8. The molecule has 130 valence electrons. The van der Waals surface area contributed by atoms with Crippen LogP contribution in [0.2, 0.25) is 0 Å². The lowest BCUT2D eigenvalue weighted by molar-refractivity contribution is 0.0666. The molecule has 0 N–H and O–H groups in total. The van der Waals surface area contributed by atoms with E-state index >= 15 is 0 Å². The molecule has 1 aromatic carbocycles. The lowest BCUT2D eigenvalue weighted by atomic mass is 10.1. The predicted octanol–water partition coefficient (Wildman–Crippen LogP) is 2.11. The second kappa shape index (κ2) is 8.12. The van der Waals surface area contributed by atoms with Gasteiger partial charge < -0.3 is 14.1 Å². The smallest absolute Gasteiger partial charge is 0.254 e. The van der Waals surface area contributed by atoms with Crippen LogP contribution in [0.1, 0.15) is 21.7 Å². The summed E-state index contributed by atoms with van der Waals surface area (Å²) in [5, 5.41) is 0. The molecule has 2 aromatic rings. The molecule has 0 aliphatic rings. The Bertz CT molecular complexity index is 768. The molecule has 0 aliphatic carbocycles. The molecule has 1 amide bonds. The van der Waals surface area contributed by atoms with Crippen molar-refractivity contribution >= 4 is 15.7 Å². The first-order valence-electron chi connectivity index (χ1n) is 7.46. The maximum Gasteiger partial charge on any atom is 0.254 e. The number of benzene rings is 1. The number of methoxy groups -OCH3 is 1. The second-order valence-electron chi connectivity index (χ2n) is 5.57. The Morgan fingerprint density at radius 1 is 1.25 bits per heavy atom. The van der Waals surface area contributed by atoms with Gasteiger partial charge in [0.05, 0.1) is 25.2 Å². The number of carbonyl (C=O) groups is 1. The first-order chi connectivity index (χ1) is 11.4. The van der Waals surface area contributed by atoms with Crippen LogP contribution < -0.4 is 0 Å². The number of carbonyl (C=O) groups excluding carboxylic acids is 1. The van der Waals surface area contributed by atoms with Gasteiger partial charge in [0.1, 0.15) is 5.76 Å². The molecule has 0 aliphatic heterocycles. The average molecular weight is 351 g/mol. The number of sulfone groups is 1. The summed E-state index contributed by atoms with van der Waals surface area (Å²) >= 11 is 0. The van der Waals surface area contributed by atoms with Crippen LogP contribution in [0.4, 0.5) is 0 Å². The van der Waals surface area contributed by atoms with E-state index in [2.05, 4.69) is 0 Å². The molecule has 0 bridgehead atoms. The van der Waals surface area contributed by atoms with E-state index in [9.17, 15) is 13.2 Å². The first-order valence-corrected chi connectivity index (χ1v) is 9.52. The van der Waals surface area contributed by atoms with E-state index in [4.69, 9.17) is 9.15 Å². The minimum atomic E-state index is -3.15. The molecule has 0 fully saturated rings. The van der Waals surface area contributed by atoms with Crippen LogP contribution in [0.25, 0.3) is 0 Å². The van der Waals surface area contributed by atoms with E-state index in [0.717, 1.165) is 0 Å². The molecule has 0 unspecified atom stereocenters. The molecule has 0 radical (unpaired) electrons. The molecule has 6 nitrogen and oxygen atoms in total. The summed E-state index contributed by atoms with van der Waals surface area (Å²) in [5.41, 5.74) is 1.03. The van der Waals surface area contributed by atoms with Crippen molar-refractivity contribution in [3.05, 3.63) is 59.5 Å². The molecule has 0 saturated carbocycles. The highest BCUT2D eigenvalue weighted by Gasteiger charge is 2.18. The Kier molecular flexibility index (Phi) is 6.16. The summed E-state index contributed by atoms with van der Waals surface area (Å²) in [5.74, 6) is 0.384. The van der Waals surface area contributed by atoms with E-state index in [-0.39, 0.29) is 11.7 Å². The zero-order valence-corrected chi connectivity index (χ0v) is 14.6. The number of rotatable bonds is 8. The number of nitrogens with zero attached hydrogens (tertiary/aromatic N) is 1. The third-order valence-electron chi connectivity index (χ3n) is 3.38. The normalized spacial score (nSPS) is 11.4. The molecular formula is C17H21NO5S. The Morgan fingerprint density at radius 3 is 2.67 bits per heavy atom. The van der Waals surface area contributed by atoms with Crippen LogP contribution in [0.3, 0.4) is 0 Å². The predicted molar refractivity (Wildman–Crippen MR) is 90.3 cm³/mol. The lowest BCUT2D eigenvalue weighted by Crippen LogP contribution is -2.33. The highest BCUT2D eigenvalue weighted by Crippen LogP contribution is 2.14. The fraction of sp³-hybridized carbons (Fsp3) is 0.353. The van der Waals surface area contributed by atoms with Gasteiger partial charge in [-0.25, -0.2) is 8.42 Å². The quantitative estimate of drug-likeness (QED) is 0.728. The van der Waals surface area contributed by atoms with Crippen molar-refractivity contribution in [1.82, 2.24) is 4.90 Å². The zero-order valence-electron chi connectivity index (χ0n) is 13.8. The Labute approximate surface area is 141 Å². The highest BCUT2D eigenvalue weighted by molar-refractivity contribution is 7.89. The molecule has 1 heterocycles. The summed E-state index contributed by atoms with van der Waals surface area (Å²) in [6.45, 7) is 1.13. The Hall–Kier alpha value is -2.12. The van der Waals surface area contributed by atoms with E-state index in [1.165, 1.54) is 6.26 Å². The van der Waals surface area contributed by atoms with Crippen molar-refractivity contribution in [1.29, 1.82) is 0 Å². The minimum Gasteiger partial charge on any atom is -0.467 e. The van der Waals surface area contributed by atoms with Crippen LogP contribution in [0.5, 0.6) is 0 Å². The highest BCUT2D eigenvalue weighted by atomic mass is 32.2. The monoisotopic (exact) mass is 351 g/mol. The third kappa shape index (κ3) is 5.50. The second-order valence-corrected chi connectivity index (χ2v) is 7.71. The van der Waals surface area contributed by atoms with Gasteiger partial charge in [-0.15, -0.1) is 0 Å². The van der Waals surface area contributed by atoms with Crippen LogP contribution >= 0.6 is 0 Å². The largest absolute Gasteiger partial charge is 0.467 e. The lowest BCUT2D eigenvalue weighted by Gasteiger charge is -2.21. The number of hydrogen-bond acceptors (Lipinski definition) is 5. The summed E-state index contributed by atoms with van der Waals surface area (Å²) < 4.78 is 33.3. The van der Waals surface area contributed by atoms with Crippen molar-refractivity contribution in [2.45, 2.75) is 12.3 Å². The average Bonchev–Trinajstić information content (AvgIpc) is 3.02. The van der Waals surface area contributed by atoms with Crippen LogP contribution in [0, 0.1) is 0 Å². The standard InChI is InChI=1S/C17H21NO5S/c1-22-10-8-18(12-16-7-4-9-23-16)17(19)15-6-3-5-14(11-15)13-24(2,20)21/h3-7,9,11H,8,10,12-13H2,1-2H3. The summed E-state index contributed by atoms with van der Waals surface area (Å²) in [6, 6.07) is 10.2. The van der Waals surface area contributed by atoms with Crippen LogP contribution in [0.15, 0.2) is 47.1 Å². The Balaban J connectivity index is 2.20. The van der Waals surface area contributed by atoms with Gasteiger partial charge in [-0.3, -0.25) is 4.79 Å². The Morgan fingerprint density at radius 2 is 2.04 bits per heavy atom. The van der Waals surface area contributed by atoms with Crippen LogP contribution in [-0.2, 0) is 26.9 Å². The van der Waals surface area contributed by atoms with E-state index < -0.39 is 9.84 Å². The fourth-order valence-electron chi connectivity index (χ4n) is 2.32. The van der Waals surface area contributed by atoms with E-state index in [0.29, 0.717) is 36.6 Å². The van der Waals surface area contributed by atoms with Gasteiger partial charge in [0.25, 0.3) is 5.91 Å². The summed E-state index contributed by atoms with van der Waals surface area (Å²) in [6.07, 6.45) is 2.73. The van der Waals surface area contributed by atoms with Crippen molar-refractivity contribution in [3.8, 4) is 0 Å². The summed E-state index contributed by atoms with van der Waals surface area (Å²) in [7, 11) is -1.58. The maximum atomic E-state index is 12.8. The van der Waals surface area contributed by atoms with Gasteiger partial charge in [-0.2, -0.15) is 0 Å². The number of ether oxygens (including phenoxy) is 1. The van der Waals surface area contributed by atoms with Crippen molar-refractivity contribution in [3.63, 3.8) is 0 Å². The number of hydrogen-bond donors (Lipinski definition) is 0. The van der Waals surface area contributed by atoms with E-state index in [1.807, 2.05) is 0 Å². The van der Waals surface area contributed by atoms with Gasteiger partial charge in [-0.1, -0.05) is 12.1 Å². The van der Waals surface area contributed by atoms with Gasteiger partial charge in [0.2, 0.25) is 0 Å². The molecule has 0 saturated heterocycles. The first kappa shape index (κ1) is 18.2. The van der Waals surface area contributed by atoms with Gasteiger partial charge in [0.15, 0.2) is 9.84 Å². The van der Waals surface area contributed by atoms with Crippen molar-refractivity contribution < 1.29 is 22.4 Å². The van der Waals surface area contributed by atoms with Crippen molar-refractivity contribution in [2.24, 2.45) is 0 Å². The molecule has 0 spiro atoms. The van der Waals surface area contributed by atoms with Crippen LogP contribution in [-0.4, -0.2) is 45.7 Å².